The summed E-state index contributed by atoms with van der Waals surface area (Å²) in [6.45, 7) is 4.48. The van der Waals surface area contributed by atoms with Crippen LogP contribution in [-0.4, -0.2) is 53.9 Å². The SMILES string of the molecule is Nc1nc(=O)n(-c2ccccc2)c2cc(Cl)cc(OCCN3CCOCC3)c12. The minimum absolute atomic E-state index is 0.130. The number of nitrogen functional groups attached to an aromatic ring is 1. The van der Waals surface area contributed by atoms with Gasteiger partial charge < -0.3 is 15.2 Å². The standard InChI is InChI=1S/C20H21ClN4O3/c21-14-12-16-18(17(13-14)28-11-8-24-6-9-27-10-7-24)19(22)23-20(26)25(16)15-4-2-1-3-5-15/h1-5,12-13H,6-11H2,(H2,22,23,26). The van der Waals surface area contributed by atoms with Crippen molar-refractivity contribution in [1.29, 1.82) is 0 Å². The highest BCUT2D eigenvalue weighted by Gasteiger charge is 2.17. The highest BCUT2D eigenvalue weighted by molar-refractivity contribution is 6.31. The van der Waals surface area contributed by atoms with Crippen LogP contribution in [0.2, 0.25) is 5.02 Å². The quantitative estimate of drug-likeness (QED) is 0.707. The molecule has 0 bridgehead atoms. The fraction of sp³-hybridized carbons (Fsp3) is 0.300. The summed E-state index contributed by atoms with van der Waals surface area (Å²) in [4.78, 5) is 18.8. The van der Waals surface area contributed by atoms with Crippen molar-refractivity contribution in [3.05, 3.63) is 58.0 Å². The zero-order valence-electron chi connectivity index (χ0n) is 15.3. The van der Waals surface area contributed by atoms with Gasteiger partial charge in [0.15, 0.2) is 0 Å². The summed E-state index contributed by atoms with van der Waals surface area (Å²) in [6, 6.07) is 12.7. The molecule has 2 N–H and O–H groups in total. The lowest BCUT2D eigenvalue weighted by atomic mass is 10.2. The number of nitrogens with zero attached hydrogens (tertiary/aromatic N) is 3. The van der Waals surface area contributed by atoms with Crippen LogP contribution in [0.4, 0.5) is 5.82 Å². The van der Waals surface area contributed by atoms with E-state index < -0.39 is 5.69 Å². The molecule has 2 aromatic carbocycles. The Morgan fingerprint density at radius 3 is 2.68 bits per heavy atom. The van der Waals surface area contributed by atoms with Gasteiger partial charge in [-0.25, -0.2) is 4.79 Å². The summed E-state index contributed by atoms with van der Waals surface area (Å²) in [5.74, 6) is 0.649. The van der Waals surface area contributed by atoms with Gasteiger partial charge in [0.2, 0.25) is 0 Å². The van der Waals surface area contributed by atoms with Gasteiger partial charge in [0.25, 0.3) is 0 Å². The highest BCUT2D eigenvalue weighted by Crippen LogP contribution is 2.33. The van der Waals surface area contributed by atoms with Crippen LogP contribution >= 0.6 is 11.6 Å². The van der Waals surface area contributed by atoms with Crippen molar-refractivity contribution >= 4 is 28.3 Å². The van der Waals surface area contributed by atoms with Crippen LogP contribution in [0.5, 0.6) is 5.75 Å². The molecular weight excluding hydrogens is 380 g/mol. The Morgan fingerprint density at radius 2 is 1.93 bits per heavy atom. The maximum Gasteiger partial charge on any atom is 0.354 e. The molecule has 1 fully saturated rings. The first kappa shape index (κ1) is 18.7. The van der Waals surface area contributed by atoms with Crippen molar-refractivity contribution < 1.29 is 9.47 Å². The van der Waals surface area contributed by atoms with Gasteiger partial charge in [0.05, 0.1) is 29.8 Å². The Hall–Kier alpha value is -2.61. The van der Waals surface area contributed by atoms with E-state index in [0.717, 1.165) is 32.8 Å². The molecule has 28 heavy (non-hydrogen) atoms. The number of hydrogen-bond acceptors (Lipinski definition) is 6. The Labute approximate surface area is 167 Å². The van der Waals surface area contributed by atoms with Crippen molar-refractivity contribution in [3.63, 3.8) is 0 Å². The van der Waals surface area contributed by atoms with E-state index in [-0.39, 0.29) is 5.82 Å². The zero-order valence-corrected chi connectivity index (χ0v) is 16.1. The first-order chi connectivity index (χ1) is 13.6. The van der Waals surface area contributed by atoms with Crippen molar-refractivity contribution in [2.45, 2.75) is 0 Å². The van der Waals surface area contributed by atoms with Crippen LogP contribution < -0.4 is 16.2 Å². The van der Waals surface area contributed by atoms with Gasteiger partial charge >= 0.3 is 5.69 Å². The molecular formula is C20H21ClN4O3. The number of aromatic nitrogens is 2. The number of fused-ring (bicyclic) bond motifs is 1. The molecule has 0 atom stereocenters. The van der Waals surface area contributed by atoms with Gasteiger partial charge in [0, 0.05) is 24.7 Å². The van der Waals surface area contributed by atoms with Crippen LogP contribution in [0, 0.1) is 0 Å². The van der Waals surface area contributed by atoms with E-state index in [0.29, 0.717) is 34.0 Å². The minimum Gasteiger partial charge on any atom is -0.491 e. The molecule has 7 nitrogen and oxygen atoms in total. The van der Waals surface area contributed by atoms with Gasteiger partial charge in [0.1, 0.15) is 18.2 Å². The second-order valence-electron chi connectivity index (χ2n) is 6.55. The Bertz CT molecular complexity index is 1030. The third kappa shape index (κ3) is 3.82. The summed E-state index contributed by atoms with van der Waals surface area (Å²) in [5, 5.41) is 1.04. The first-order valence-electron chi connectivity index (χ1n) is 9.13. The van der Waals surface area contributed by atoms with Gasteiger partial charge in [-0.3, -0.25) is 9.47 Å². The Morgan fingerprint density at radius 1 is 1.18 bits per heavy atom. The maximum absolute atomic E-state index is 12.6. The monoisotopic (exact) mass is 400 g/mol. The van der Waals surface area contributed by atoms with E-state index in [2.05, 4.69) is 9.88 Å². The van der Waals surface area contributed by atoms with Crippen molar-refractivity contribution in [2.75, 3.05) is 45.2 Å². The lowest BCUT2D eigenvalue weighted by Gasteiger charge is -2.26. The average Bonchev–Trinajstić information content (AvgIpc) is 2.69. The number of nitrogens with two attached hydrogens (primary N) is 1. The lowest BCUT2D eigenvalue weighted by Crippen LogP contribution is -2.38. The fourth-order valence-corrected chi connectivity index (χ4v) is 3.57. The molecule has 0 spiro atoms. The van der Waals surface area contributed by atoms with Crippen LogP contribution in [0.1, 0.15) is 0 Å². The molecule has 0 unspecified atom stereocenters. The van der Waals surface area contributed by atoms with E-state index in [1.54, 1.807) is 12.1 Å². The van der Waals surface area contributed by atoms with Gasteiger partial charge in [-0.2, -0.15) is 4.98 Å². The maximum atomic E-state index is 12.6. The number of para-hydroxylation sites is 1. The number of hydrogen-bond donors (Lipinski definition) is 1. The van der Waals surface area contributed by atoms with E-state index in [4.69, 9.17) is 26.8 Å². The molecule has 1 aliphatic rings. The third-order valence-electron chi connectivity index (χ3n) is 4.73. The molecule has 4 rings (SSSR count). The molecule has 1 aromatic heterocycles. The van der Waals surface area contributed by atoms with Crippen LogP contribution in [0.15, 0.2) is 47.3 Å². The topological polar surface area (TPSA) is 82.6 Å². The number of rotatable bonds is 5. The molecule has 0 amide bonds. The summed E-state index contributed by atoms with van der Waals surface area (Å²) in [7, 11) is 0. The van der Waals surface area contributed by atoms with Gasteiger partial charge in [-0.05, 0) is 24.3 Å². The van der Waals surface area contributed by atoms with E-state index in [1.165, 1.54) is 4.57 Å². The molecule has 0 radical (unpaired) electrons. The largest absolute Gasteiger partial charge is 0.491 e. The Kier molecular flexibility index (Phi) is 5.47. The molecule has 8 heteroatoms. The predicted molar refractivity (Wildman–Crippen MR) is 110 cm³/mol. The molecule has 0 saturated carbocycles. The molecule has 1 saturated heterocycles. The minimum atomic E-state index is -0.460. The number of anilines is 1. The molecule has 1 aliphatic heterocycles. The third-order valence-corrected chi connectivity index (χ3v) is 4.95. The van der Waals surface area contributed by atoms with Crippen molar-refractivity contribution in [2.24, 2.45) is 0 Å². The summed E-state index contributed by atoms with van der Waals surface area (Å²) in [6.07, 6.45) is 0. The van der Waals surface area contributed by atoms with Crippen LogP contribution in [0.3, 0.4) is 0 Å². The smallest absolute Gasteiger partial charge is 0.354 e. The van der Waals surface area contributed by atoms with E-state index in [9.17, 15) is 4.79 Å². The zero-order chi connectivity index (χ0) is 19.5. The molecule has 3 aromatic rings. The van der Waals surface area contributed by atoms with Gasteiger partial charge in [-0.1, -0.05) is 29.8 Å². The number of halogens is 1. The Balaban J connectivity index is 1.72. The summed E-state index contributed by atoms with van der Waals surface area (Å²) < 4.78 is 12.9. The summed E-state index contributed by atoms with van der Waals surface area (Å²) in [5.41, 5.74) is 6.89. The van der Waals surface area contributed by atoms with Gasteiger partial charge in [-0.15, -0.1) is 0 Å². The second-order valence-corrected chi connectivity index (χ2v) is 6.99. The second kappa shape index (κ2) is 8.18. The van der Waals surface area contributed by atoms with Crippen molar-refractivity contribution in [1.82, 2.24) is 14.5 Å². The normalized spacial score (nSPS) is 15.0. The highest BCUT2D eigenvalue weighted by atomic mass is 35.5. The predicted octanol–water partition coefficient (Wildman–Crippen LogP) is 2.33. The number of morpholine rings is 1. The molecule has 146 valence electrons. The number of ether oxygens (including phenoxy) is 2. The number of benzene rings is 2. The average molecular weight is 401 g/mol. The summed E-state index contributed by atoms with van der Waals surface area (Å²) >= 11 is 6.33. The van der Waals surface area contributed by atoms with Crippen LogP contribution in [-0.2, 0) is 4.74 Å². The molecule has 2 heterocycles. The van der Waals surface area contributed by atoms with Crippen LogP contribution in [0.25, 0.3) is 16.6 Å². The van der Waals surface area contributed by atoms with Crippen molar-refractivity contribution in [3.8, 4) is 11.4 Å². The fourth-order valence-electron chi connectivity index (χ4n) is 3.36. The van der Waals surface area contributed by atoms with E-state index in [1.807, 2.05) is 30.3 Å². The lowest BCUT2D eigenvalue weighted by molar-refractivity contribution is 0.0323. The molecule has 0 aliphatic carbocycles. The first-order valence-corrected chi connectivity index (χ1v) is 9.51. The van der Waals surface area contributed by atoms with E-state index >= 15 is 0 Å².